The van der Waals surface area contributed by atoms with Gasteiger partial charge in [0, 0.05) is 38.2 Å². The molecule has 5 nitrogen and oxygen atoms in total. The van der Waals surface area contributed by atoms with E-state index in [9.17, 15) is 0 Å². The van der Waals surface area contributed by atoms with Crippen molar-refractivity contribution in [3.8, 4) is 11.8 Å². The number of hydrogen-bond acceptors (Lipinski definition) is 5. The first-order valence-electron chi connectivity index (χ1n) is 6.63. The van der Waals surface area contributed by atoms with Crippen molar-refractivity contribution in [3.05, 3.63) is 46.2 Å². The Hall–Kier alpha value is -1.50. The minimum absolute atomic E-state index is 0.334. The molecule has 0 spiro atoms. The molecule has 0 fully saturated rings. The van der Waals surface area contributed by atoms with Crippen LogP contribution in [0.3, 0.4) is 0 Å². The van der Waals surface area contributed by atoms with Crippen LogP contribution in [0.5, 0.6) is 11.8 Å². The summed E-state index contributed by atoms with van der Waals surface area (Å²) in [6.07, 6.45) is 3.51. The lowest BCUT2D eigenvalue weighted by Crippen LogP contribution is -2.18. The SMILES string of the molecule is COCCNCc1cnc(Oc2ccc(C)cc2Br)nc1. The molecule has 0 atom stereocenters. The van der Waals surface area contributed by atoms with Gasteiger partial charge in [0.25, 0.3) is 0 Å². The van der Waals surface area contributed by atoms with Crippen LogP contribution in [0.2, 0.25) is 0 Å². The van der Waals surface area contributed by atoms with Crippen molar-refractivity contribution in [3.63, 3.8) is 0 Å². The quantitative estimate of drug-likeness (QED) is 0.776. The van der Waals surface area contributed by atoms with E-state index in [1.807, 2.05) is 25.1 Å². The fourth-order valence-electron chi connectivity index (χ4n) is 1.68. The molecule has 21 heavy (non-hydrogen) atoms. The normalized spacial score (nSPS) is 10.6. The number of rotatable bonds is 7. The van der Waals surface area contributed by atoms with Crippen LogP contribution in [0, 0.1) is 6.92 Å². The maximum absolute atomic E-state index is 5.65. The number of methoxy groups -OCH3 is 1. The van der Waals surface area contributed by atoms with Crippen LogP contribution in [0.15, 0.2) is 35.1 Å². The zero-order valence-electron chi connectivity index (χ0n) is 12.1. The first-order chi connectivity index (χ1) is 10.2. The van der Waals surface area contributed by atoms with E-state index in [-0.39, 0.29) is 0 Å². The zero-order valence-corrected chi connectivity index (χ0v) is 13.7. The van der Waals surface area contributed by atoms with Crippen molar-refractivity contribution in [2.45, 2.75) is 13.5 Å². The van der Waals surface area contributed by atoms with Crippen LogP contribution >= 0.6 is 15.9 Å². The van der Waals surface area contributed by atoms with Gasteiger partial charge in [0.1, 0.15) is 5.75 Å². The van der Waals surface area contributed by atoms with Crippen LogP contribution < -0.4 is 10.1 Å². The van der Waals surface area contributed by atoms with Crippen molar-refractivity contribution in [2.24, 2.45) is 0 Å². The highest BCUT2D eigenvalue weighted by Gasteiger charge is 2.05. The second kappa shape index (κ2) is 8.07. The predicted molar refractivity (Wildman–Crippen MR) is 84.6 cm³/mol. The van der Waals surface area contributed by atoms with Gasteiger partial charge in [-0.1, -0.05) is 6.07 Å². The predicted octanol–water partition coefficient (Wildman–Crippen LogP) is 3.08. The van der Waals surface area contributed by atoms with Gasteiger partial charge >= 0.3 is 6.01 Å². The van der Waals surface area contributed by atoms with Crippen molar-refractivity contribution < 1.29 is 9.47 Å². The maximum Gasteiger partial charge on any atom is 0.321 e. The molecule has 0 radical (unpaired) electrons. The molecular formula is C15H18BrN3O2. The van der Waals surface area contributed by atoms with Crippen molar-refractivity contribution in [1.82, 2.24) is 15.3 Å². The van der Waals surface area contributed by atoms with Gasteiger partial charge in [-0.3, -0.25) is 0 Å². The highest BCUT2D eigenvalue weighted by Crippen LogP contribution is 2.28. The topological polar surface area (TPSA) is 56.3 Å². The molecule has 6 heteroatoms. The number of hydrogen-bond donors (Lipinski definition) is 1. The Morgan fingerprint density at radius 2 is 2.00 bits per heavy atom. The van der Waals surface area contributed by atoms with Gasteiger partial charge in [-0.05, 0) is 40.5 Å². The van der Waals surface area contributed by atoms with Crippen LogP contribution in [0.1, 0.15) is 11.1 Å². The first-order valence-corrected chi connectivity index (χ1v) is 7.43. The third-order valence-electron chi connectivity index (χ3n) is 2.78. The molecule has 0 saturated heterocycles. The smallest absolute Gasteiger partial charge is 0.321 e. The Morgan fingerprint density at radius 3 is 2.67 bits per heavy atom. The molecule has 1 heterocycles. The Kier molecular flexibility index (Phi) is 6.10. The van der Waals surface area contributed by atoms with Crippen molar-refractivity contribution in [2.75, 3.05) is 20.3 Å². The van der Waals surface area contributed by atoms with Gasteiger partial charge < -0.3 is 14.8 Å². The number of nitrogens with zero attached hydrogens (tertiary/aromatic N) is 2. The van der Waals surface area contributed by atoms with E-state index in [0.29, 0.717) is 24.9 Å². The van der Waals surface area contributed by atoms with Crippen LogP contribution in [0.4, 0.5) is 0 Å². The van der Waals surface area contributed by atoms with Gasteiger partial charge in [0.2, 0.25) is 0 Å². The molecule has 2 aromatic rings. The summed E-state index contributed by atoms with van der Waals surface area (Å²) in [5.41, 5.74) is 2.16. The van der Waals surface area contributed by atoms with Gasteiger partial charge in [-0.2, -0.15) is 0 Å². The number of nitrogens with one attached hydrogen (secondary N) is 1. The Labute approximate surface area is 132 Å². The second-order valence-corrected chi connectivity index (χ2v) is 5.43. The minimum atomic E-state index is 0.334. The first kappa shape index (κ1) is 15.9. The summed E-state index contributed by atoms with van der Waals surface area (Å²) in [6, 6.07) is 6.20. The molecule has 0 aliphatic carbocycles. The lowest BCUT2D eigenvalue weighted by Gasteiger charge is -2.07. The van der Waals surface area contributed by atoms with Crippen LogP contribution in [0.25, 0.3) is 0 Å². The highest BCUT2D eigenvalue weighted by atomic mass is 79.9. The van der Waals surface area contributed by atoms with E-state index in [0.717, 1.165) is 22.1 Å². The number of halogens is 1. The molecule has 0 bridgehead atoms. The molecule has 2 rings (SSSR count). The highest BCUT2D eigenvalue weighted by molar-refractivity contribution is 9.10. The Morgan fingerprint density at radius 1 is 1.24 bits per heavy atom. The molecule has 1 aromatic carbocycles. The third-order valence-corrected chi connectivity index (χ3v) is 3.40. The van der Waals surface area contributed by atoms with E-state index in [4.69, 9.17) is 9.47 Å². The van der Waals surface area contributed by atoms with E-state index < -0.39 is 0 Å². The van der Waals surface area contributed by atoms with E-state index in [2.05, 4.69) is 31.2 Å². The summed E-state index contributed by atoms with van der Waals surface area (Å²) in [5, 5.41) is 3.23. The van der Waals surface area contributed by atoms with Crippen LogP contribution in [-0.4, -0.2) is 30.2 Å². The summed E-state index contributed by atoms with van der Waals surface area (Å²) in [5.74, 6) is 0.701. The summed E-state index contributed by atoms with van der Waals surface area (Å²) >= 11 is 3.47. The molecule has 0 unspecified atom stereocenters. The van der Waals surface area contributed by atoms with Gasteiger partial charge in [0.05, 0.1) is 11.1 Å². The fraction of sp³-hybridized carbons (Fsp3) is 0.333. The number of aryl methyl sites for hydroxylation is 1. The number of aromatic nitrogens is 2. The molecule has 0 aliphatic heterocycles. The van der Waals surface area contributed by atoms with Crippen molar-refractivity contribution >= 4 is 15.9 Å². The Bertz CT molecular complexity index is 576. The molecule has 0 saturated carbocycles. The average molecular weight is 352 g/mol. The molecule has 112 valence electrons. The molecule has 1 N–H and O–H groups in total. The summed E-state index contributed by atoms with van der Waals surface area (Å²) in [7, 11) is 1.68. The van der Waals surface area contributed by atoms with Gasteiger partial charge in [-0.25, -0.2) is 9.97 Å². The lowest BCUT2D eigenvalue weighted by molar-refractivity contribution is 0.199. The second-order valence-electron chi connectivity index (χ2n) is 4.58. The fourth-order valence-corrected chi connectivity index (χ4v) is 2.26. The molecule has 0 amide bonds. The van der Waals surface area contributed by atoms with Gasteiger partial charge in [-0.15, -0.1) is 0 Å². The average Bonchev–Trinajstić information content (AvgIpc) is 2.48. The van der Waals surface area contributed by atoms with E-state index >= 15 is 0 Å². The number of benzene rings is 1. The Balaban J connectivity index is 1.92. The monoisotopic (exact) mass is 351 g/mol. The van der Waals surface area contributed by atoms with E-state index in [1.54, 1.807) is 19.5 Å². The van der Waals surface area contributed by atoms with Crippen LogP contribution in [-0.2, 0) is 11.3 Å². The van der Waals surface area contributed by atoms with Crippen molar-refractivity contribution in [1.29, 1.82) is 0 Å². The standard InChI is InChI=1S/C15H18BrN3O2/c1-11-3-4-14(13(16)7-11)21-15-18-9-12(10-19-15)8-17-5-6-20-2/h3-4,7,9-10,17H,5-6,8H2,1-2H3. The summed E-state index contributed by atoms with van der Waals surface area (Å²) in [6.45, 7) is 4.21. The maximum atomic E-state index is 5.65. The summed E-state index contributed by atoms with van der Waals surface area (Å²) < 4.78 is 11.5. The molecule has 1 aromatic heterocycles. The molecular weight excluding hydrogens is 334 g/mol. The van der Waals surface area contributed by atoms with Gasteiger partial charge in [0.15, 0.2) is 0 Å². The summed E-state index contributed by atoms with van der Waals surface area (Å²) in [4.78, 5) is 8.42. The number of ether oxygens (including phenoxy) is 2. The molecule has 0 aliphatic rings. The largest absolute Gasteiger partial charge is 0.423 e. The zero-order chi connectivity index (χ0) is 15.1. The lowest BCUT2D eigenvalue weighted by atomic mass is 10.2. The van der Waals surface area contributed by atoms with E-state index in [1.165, 1.54) is 0 Å². The minimum Gasteiger partial charge on any atom is -0.423 e. The third kappa shape index (κ3) is 5.08.